The number of fused-ring (bicyclic) bond motifs is 1. The second kappa shape index (κ2) is 49.2. The van der Waals surface area contributed by atoms with Crippen molar-refractivity contribution in [3.8, 4) is 0 Å². The summed E-state index contributed by atoms with van der Waals surface area (Å²) >= 11 is 0. The Morgan fingerprint density at radius 2 is 0.963 bits per heavy atom. The van der Waals surface area contributed by atoms with Gasteiger partial charge in [-0.05, 0) is 100 Å². The number of benzene rings is 1. The number of aliphatic hydroxyl groups excluding tert-OH is 1. The van der Waals surface area contributed by atoms with Crippen LogP contribution in [0.3, 0.4) is 0 Å². The second-order valence-electron chi connectivity index (χ2n) is 27.9. The number of aromatic amines is 1. The van der Waals surface area contributed by atoms with Gasteiger partial charge in [0.15, 0.2) is 17.7 Å². The predicted octanol–water partition coefficient (Wildman–Crippen LogP) is -1.14. The van der Waals surface area contributed by atoms with E-state index in [1.165, 1.54) is 0 Å². The van der Waals surface area contributed by atoms with Crippen molar-refractivity contribution in [2.75, 3.05) is 79.0 Å². The zero-order valence-corrected chi connectivity index (χ0v) is 63.1. The fourth-order valence-corrected chi connectivity index (χ4v) is 11.6. The number of rotatable bonds is 55. The molecule has 37 heteroatoms. The van der Waals surface area contributed by atoms with Gasteiger partial charge in [-0.25, -0.2) is 4.79 Å². The van der Waals surface area contributed by atoms with Gasteiger partial charge in [0.05, 0.1) is 64.8 Å². The van der Waals surface area contributed by atoms with Crippen molar-refractivity contribution in [3.63, 3.8) is 0 Å². The minimum atomic E-state index is -1.81. The maximum absolute atomic E-state index is 14.9. The van der Waals surface area contributed by atoms with Crippen LogP contribution in [0.4, 0.5) is 0 Å². The van der Waals surface area contributed by atoms with Gasteiger partial charge in [0, 0.05) is 81.1 Å². The van der Waals surface area contributed by atoms with E-state index < -0.39 is 138 Å². The van der Waals surface area contributed by atoms with E-state index in [0.29, 0.717) is 68.0 Å². The molecule has 3 rings (SSSR count). The average Bonchev–Trinajstić information content (AvgIpc) is 1.16. The number of hydrogen-bond acceptors (Lipinski definition) is 21. The number of guanidine groups is 2. The Bertz CT molecular complexity index is 3420. The van der Waals surface area contributed by atoms with Crippen molar-refractivity contribution in [3.05, 3.63) is 47.4 Å². The number of primary amides is 1. The van der Waals surface area contributed by atoms with Crippen molar-refractivity contribution in [2.45, 2.75) is 200 Å². The van der Waals surface area contributed by atoms with Crippen LogP contribution >= 0.6 is 0 Å². The zero-order valence-electron chi connectivity index (χ0n) is 63.1. The van der Waals surface area contributed by atoms with Crippen LogP contribution in [0.25, 0.3) is 10.9 Å². The van der Waals surface area contributed by atoms with E-state index in [1.54, 1.807) is 65.1 Å². The lowest BCUT2D eigenvalue weighted by molar-refractivity contribution is -0.142. The smallest absolute Gasteiger partial charge is 0.326 e. The molecule has 0 saturated heterocycles. The molecule has 24 N–H and O–H groups in total. The first kappa shape index (κ1) is 92.4. The van der Waals surface area contributed by atoms with Gasteiger partial charge in [-0.1, -0.05) is 59.7 Å². The van der Waals surface area contributed by atoms with E-state index in [4.69, 9.17) is 53.3 Å². The number of ketones is 1. The molecule has 0 aliphatic heterocycles. The lowest BCUT2D eigenvalue weighted by atomic mass is 9.76. The molecule has 0 saturated carbocycles. The number of carbonyl (C=O) groups is 12. The molecule has 1 aliphatic rings. The van der Waals surface area contributed by atoms with Crippen molar-refractivity contribution in [1.29, 1.82) is 0 Å². The highest BCUT2D eigenvalue weighted by molar-refractivity contribution is 6.22. The van der Waals surface area contributed by atoms with Crippen LogP contribution < -0.4 is 76.9 Å². The molecule has 0 bridgehead atoms. The van der Waals surface area contributed by atoms with Crippen LogP contribution in [0.5, 0.6) is 0 Å². The first-order valence-corrected chi connectivity index (χ1v) is 36.4. The quantitative estimate of drug-likeness (QED) is 0.0211. The summed E-state index contributed by atoms with van der Waals surface area (Å²) in [5, 5.41) is 52.0. The molecule has 1 aromatic carbocycles. The number of hydrogen-bond donors (Lipinski definition) is 18. The van der Waals surface area contributed by atoms with Gasteiger partial charge < -0.3 is 116 Å². The number of para-hydroxylation sites is 1. The van der Waals surface area contributed by atoms with Crippen LogP contribution in [0.1, 0.15) is 150 Å². The van der Waals surface area contributed by atoms with Crippen molar-refractivity contribution < 1.29 is 91.8 Å². The minimum absolute atomic E-state index is 0.00493. The molecule has 604 valence electrons. The number of aliphatic carboxylic acids is 2. The number of allylic oxidation sites excluding steroid dienone is 2. The van der Waals surface area contributed by atoms with E-state index in [0.717, 1.165) is 0 Å². The molecule has 8 atom stereocenters. The number of amides is 9. The predicted molar refractivity (Wildman–Crippen MR) is 401 cm³/mol. The van der Waals surface area contributed by atoms with Gasteiger partial charge in [0.25, 0.3) is 0 Å². The summed E-state index contributed by atoms with van der Waals surface area (Å²) in [6.07, 6.45) is -0.153. The fraction of sp³-hybridized carbons (Fsp3) is 0.648. The molecule has 37 nitrogen and oxygen atoms in total. The van der Waals surface area contributed by atoms with Crippen molar-refractivity contribution in [1.82, 2.24) is 47.5 Å². The molecule has 108 heavy (non-hydrogen) atoms. The maximum Gasteiger partial charge on any atom is 0.326 e. The number of ether oxygens (including phenoxy) is 4. The Kier molecular flexibility index (Phi) is 42.0. The summed E-state index contributed by atoms with van der Waals surface area (Å²) in [6.45, 7) is 14.9. The Balaban J connectivity index is 1.91. The number of nitrogens with one attached hydrogen (secondary N) is 9. The van der Waals surface area contributed by atoms with Gasteiger partial charge >= 0.3 is 11.9 Å². The van der Waals surface area contributed by atoms with Gasteiger partial charge in [0.2, 0.25) is 53.2 Å². The first-order valence-electron chi connectivity index (χ1n) is 36.4. The molecule has 0 spiro atoms. The van der Waals surface area contributed by atoms with Crippen LogP contribution in [0.2, 0.25) is 0 Å². The number of aromatic nitrogens is 1. The summed E-state index contributed by atoms with van der Waals surface area (Å²) < 4.78 is 21.7. The number of nitrogens with two attached hydrogens (primary N) is 6. The topological polar surface area (TPSA) is 608 Å². The number of carboxylic acid groups (broad SMARTS) is 2. The lowest BCUT2D eigenvalue weighted by Gasteiger charge is -2.29. The maximum atomic E-state index is 14.9. The number of H-pyrrole nitrogens is 1. The number of carbonyl (C=O) groups excluding carboxylic acids is 10. The summed E-state index contributed by atoms with van der Waals surface area (Å²) in [7, 11) is 0. The van der Waals surface area contributed by atoms with E-state index in [1.807, 2.05) is 13.8 Å². The van der Waals surface area contributed by atoms with Gasteiger partial charge in [0.1, 0.15) is 54.1 Å². The van der Waals surface area contributed by atoms with Crippen LogP contribution in [-0.2, 0) is 82.9 Å². The first-order chi connectivity index (χ1) is 51.1. The number of aliphatic hydroxyl groups is 1. The average molecular weight is 1530 g/mol. The molecular weight excluding hydrogens is 1410 g/mol. The third-order valence-electron chi connectivity index (χ3n) is 16.8. The molecular formula is C71H116N18O19. The number of nitrogens with zero attached hydrogens (tertiary/aromatic N) is 3. The molecule has 0 fully saturated rings. The molecule has 1 heterocycles. The number of aliphatic imine (C=N–C) groups is 3. The standard InChI is InChI=1S/C71H116N18O19/c1-41(2)34-51(64(99)83-48(18-13-25-80-70(76)77)62(97)86-52(35-42(3)4)65(100)85-50(68(103)104)16-10-11-23-78-43(5)60-55(90)38-71(6,7)39-56(60)91)87-63(98)49(19-20-59(94)95)84-66(101)53(36-44-40-81-46-15-9-8-14-45(44)46)88-67(102)54(37-57(73)92)89-61(96)47(17-12-24-79-69(74)75)82-58(93)21-26-105-28-30-107-32-33-108-31-29-106-27-22-72/h8-9,14-15,40-42,47-54,81,90H,10-13,16-39,72H2,1-7H3,(H2,73,92)(H,82,93)(H,83,99)(H,84,101)(H,85,100)(H,86,97)(H,87,98)(H,88,102)(H,89,96)(H,94,95)(H,103,104)(H4,74,75,79)(H4,76,77,80)/t47-,48-,49-,50-,51-,52-,53-,54-/m0/s1. The number of Topliss-reactive ketones (excluding diaryl/α,β-unsaturated/α-hetero) is 1. The van der Waals surface area contributed by atoms with Crippen molar-refractivity contribution >= 4 is 99.4 Å². The third-order valence-corrected chi connectivity index (χ3v) is 16.8. The largest absolute Gasteiger partial charge is 0.511 e. The lowest BCUT2D eigenvalue weighted by Crippen LogP contribution is -2.61. The summed E-state index contributed by atoms with van der Waals surface area (Å²) in [6, 6.07) is -5.43. The molecule has 1 aliphatic carbocycles. The van der Waals surface area contributed by atoms with Crippen molar-refractivity contribution in [2.24, 2.45) is 66.6 Å². The fourth-order valence-electron chi connectivity index (χ4n) is 11.6. The van der Waals surface area contributed by atoms with Gasteiger partial charge in [-0.2, -0.15) is 0 Å². The van der Waals surface area contributed by atoms with E-state index >= 15 is 0 Å². The van der Waals surface area contributed by atoms with Crippen LogP contribution in [0, 0.1) is 17.3 Å². The highest BCUT2D eigenvalue weighted by atomic mass is 16.6. The number of unbranched alkanes of at least 4 members (excludes halogenated alkanes) is 1. The van der Waals surface area contributed by atoms with Crippen LogP contribution in [-0.4, -0.2) is 236 Å². The SMILES string of the molecule is CC(=NCCCC[C@H](NC(=O)[C@H](CC(C)C)NC(=O)[C@H](CCCN=C(N)N)NC(=O)[C@H](CC(C)C)NC(=O)[C@H](CCC(=O)O)NC(=O)[C@H](Cc1c[nH]c2ccccc12)NC(=O)[C@H](CC(N)=O)NC(=O)[C@H](CCCN=C(N)N)NC(=O)CCOCCOCCOCCOCCN)C(=O)O)C1=C(O)CC(C)(C)CC1=O. The van der Waals surface area contributed by atoms with E-state index in [9.17, 15) is 72.9 Å². The number of carboxylic acids is 2. The molecule has 0 radical (unpaired) electrons. The summed E-state index contributed by atoms with van der Waals surface area (Å²) in [5.41, 5.74) is 34.4. The Labute approximate surface area is 629 Å². The summed E-state index contributed by atoms with van der Waals surface area (Å²) in [4.78, 5) is 181. The molecule has 1 aromatic heterocycles. The van der Waals surface area contributed by atoms with Gasteiger partial charge in [-0.15, -0.1) is 0 Å². The summed E-state index contributed by atoms with van der Waals surface area (Å²) in [5.74, 6) is -12.8. The van der Waals surface area contributed by atoms with E-state index in [2.05, 4.69) is 62.5 Å². The highest BCUT2D eigenvalue weighted by Crippen LogP contribution is 2.36. The normalized spacial score (nSPS) is 15.1. The Morgan fingerprint density at radius 3 is 1.46 bits per heavy atom. The van der Waals surface area contributed by atoms with Crippen LogP contribution in [0.15, 0.2) is 56.8 Å². The molecule has 2 aromatic rings. The monoisotopic (exact) mass is 1520 g/mol. The molecule has 0 unspecified atom stereocenters. The Hall–Kier alpha value is -9.85. The van der Waals surface area contributed by atoms with E-state index in [-0.39, 0.29) is 158 Å². The second-order valence-corrected chi connectivity index (χ2v) is 27.9. The third kappa shape index (κ3) is 36.6. The molecule has 9 amide bonds. The minimum Gasteiger partial charge on any atom is -0.511 e. The highest BCUT2D eigenvalue weighted by Gasteiger charge is 2.38. The zero-order chi connectivity index (χ0) is 80.5. The Morgan fingerprint density at radius 1 is 0.528 bits per heavy atom. The van der Waals surface area contributed by atoms with Gasteiger partial charge in [-0.3, -0.25) is 67.7 Å².